The lowest BCUT2D eigenvalue weighted by Gasteiger charge is -2.39. The van der Waals surface area contributed by atoms with Crippen molar-refractivity contribution in [2.24, 2.45) is 5.92 Å². The Hall–Kier alpha value is -0.740. The van der Waals surface area contributed by atoms with Gasteiger partial charge in [-0.15, -0.1) is 0 Å². The Morgan fingerprint density at radius 2 is 1.96 bits per heavy atom. The predicted octanol–water partition coefficient (Wildman–Crippen LogP) is 5.85. The zero-order valence-corrected chi connectivity index (χ0v) is 16.0. The van der Waals surface area contributed by atoms with Crippen molar-refractivity contribution in [2.45, 2.75) is 36.6 Å². The molecule has 2 saturated heterocycles. The summed E-state index contributed by atoms with van der Waals surface area (Å²) in [7, 11) is 2.52. The molecular formula is C19H22Cl2NOS+. The van der Waals surface area contributed by atoms with Crippen LogP contribution in [0.2, 0.25) is 10.0 Å². The third kappa shape index (κ3) is 2.96. The van der Waals surface area contributed by atoms with Crippen LogP contribution in [0.15, 0.2) is 41.1 Å². The lowest BCUT2D eigenvalue weighted by molar-refractivity contribution is 0.0798. The summed E-state index contributed by atoms with van der Waals surface area (Å²) < 4.78 is 6.16. The molecule has 5 heteroatoms. The van der Waals surface area contributed by atoms with Gasteiger partial charge in [0.2, 0.25) is 0 Å². The number of halogens is 2. The van der Waals surface area contributed by atoms with Gasteiger partial charge in [-0.05, 0) is 54.6 Å². The van der Waals surface area contributed by atoms with E-state index in [1.807, 2.05) is 12.1 Å². The smallest absolute Gasteiger partial charge is 0.146 e. The van der Waals surface area contributed by atoms with Crippen LogP contribution in [0.4, 0.5) is 0 Å². The summed E-state index contributed by atoms with van der Waals surface area (Å²) in [5.41, 5.74) is 0. The Morgan fingerprint density at radius 1 is 1.17 bits per heavy atom. The van der Waals surface area contributed by atoms with Crippen molar-refractivity contribution in [3.8, 4) is 5.75 Å². The molecule has 2 bridgehead atoms. The van der Waals surface area contributed by atoms with E-state index in [2.05, 4.69) is 34.8 Å². The Labute approximate surface area is 156 Å². The number of hydrogen-bond donors (Lipinski definition) is 0. The number of fused-ring (bicyclic) bond motifs is 2. The fraction of sp³-hybridized carbons (Fsp3) is 0.474. The molecule has 0 amide bonds. The standard InChI is InChI=1S/C19H22Cl2NOS/c1-22-13-7-8-16(22)14(18(11-13)24-9-2-3-10-24)12-23-17-6-4-5-15(20)19(17)21/h2-6,9-10,13-14,16,18H,7-8,11-12H2,1H3/q+1/t13?,14-,16?,18-/m1/s1. The van der Waals surface area contributed by atoms with Gasteiger partial charge in [-0.1, -0.05) is 29.3 Å². The molecule has 4 rings (SSSR count). The molecule has 2 nitrogen and oxygen atoms in total. The number of rotatable bonds is 4. The van der Waals surface area contributed by atoms with Gasteiger partial charge in [-0.25, -0.2) is 0 Å². The second-order valence-electron chi connectivity index (χ2n) is 6.83. The maximum atomic E-state index is 6.29. The molecule has 0 radical (unpaired) electrons. The number of hydrogen-bond acceptors (Lipinski definition) is 2. The lowest BCUT2D eigenvalue weighted by Crippen LogP contribution is -2.46. The number of nitrogens with zero attached hydrogens (tertiary/aromatic N) is 1. The first-order valence-electron chi connectivity index (χ1n) is 8.49. The first-order valence-corrected chi connectivity index (χ1v) is 10.7. The SMILES string of the molecule is CN1C2CCC1[C@@H](COc1cccc(Cl)c1Cl)[C@H]([s+]1cccc1)C2. The van der Waals surface area contributed by atoms with Crippen LogP contribution < -0.4 is 4.74 Å². The van der Waals surface area contributed by atoms with Crippen molar-refractivity contribution in [3.63, 3.8) is 0 Å². The summed E-state index contributed by atoms with van der Waals surface area (Å²) in [6, 6.07) is 11.3. The van der Waals surface area contributed by atoms with Gasteiger partial charge in [0, 0.05) is 18.5 Å². The van der Waals surface area contributed by atoms with Gasteiger partial charge in [0.15, 0.2) is 0 Å². The summed E-state index contributed by atoms with van der Waals surface area (Å²) in [5.74, 6) is 1.23. The minimum absolute atomic E-state index is 0.245. The molecule has 0 spiro atoms. The van der Waals surface area contributed by atoms with Crippen molar-refractivity contribution < 1.29 is 4.74 Å². The monoisotopic (exact) mass is 382 g/mol. The molecule has 2 aliphatic rings. The Bertz CT molecular complexity index is 705. The Kier molecular flexibility index (Phi) is 4.79. The van der Waals surface area contributed by atoms with Gasteiger partial charge in [-0.3, -0.25) is 4.90 Å². The number of ether oxygens (including phenoxy) is 1. The molecule has 2 aromatic rings. The molecule has 2 aliphatic heterocycles. The van der Waals surface area contributed by atoms with Crippen LogP contribution in [-0.2, 0) is 0 Å². The molecular weight excluding hydrogens is 361 g/mol. The maximum absolute atomic E-state index is 6.29. The van der Waals surface area contributed by atoms with E-state index in [4.69, 9.17) is 27.9 Å². The highest BCUT2D eigenvalue weighted by Crippen LogP contribution is 2.51. The largest absolute Gasteiger partial charge is 0.491 e. The summed E-state index contributed by atoms with van der Waals surface area (Å²) in [6.07, 6.45) is 3.86. The number of thiophene rings is 1. The zero-order valence-electron chi connectivity index (χ0n) is 13.7. The molecule has 0 aliphatic carbocycles. The van der Waals surface area contributed by atoms with Gasteiger partial charge in [0.1, 0.15) is 26.8 Å². The minimum atomic E-state index is 0.245. The van der Waals surface area contributed by atoms with E-state index < -0.39 is 0 Å². The molecule has 0 saturated carbocycles. The van der Waals surface area contributed by atoms with E-state index in [0.717, 1.165) is 6.04 Å². The highest BCUT2D eigenvalue weighted by Gasteiger charge is 2.49. The van der Waals surface area contributed by atoms with Crippen LogP contribution in [0.25, 0.3) is 0 Å². The number of benzene rings is 1. The molecule has 1 aromatic carbocycles. The molecule has 3 heterocycles. The van der Waals surface area contributed by atoms with Crippen LogP contribution in [0.3, 0.4) is 0 Å². The fourth-order valence-electron chi connectivity index (χ4n) is 4.36. The van der Waals surface area contributed by atoms with Gasteiger partial charge in [0.25, 0.3) is 0 Å². The molecule has 128 valence electrons. The number of piperidine rings is 1. The van der Waals surface area contributed by atoms with Crippen LogP contribution in [0.1, 0.15) is 24.5 Å². The normalized spacial score (nSPS) is 29.8. The molecule has 0 N–H and O–H groups in total. The van der Waals surface area contributed by atoms with Gasteiger partial charge in [-0.2, -0.15) is 0 Å². The van der Waals surface area contributed by atoms with Crippen molar-refractivity contribution in [3.05, 3.63) is 51.1 Å². The third-order valence-corrected chi connectivity index (χ3v) is 8.64. The molecule has 4 atom stereocenters. The van der Waals surface area contributed by atoms with E-state index in [1.54, 1.807) is 6.07 Å². The van der Waals surface area contributed by atoms with Gasteiger partial charge < -0.3 is 4.74 Å². The average molecular weight is 383 g/mol. The average Bonchev–Trinajstić information content (AvgIpc) is 3.17. The third-order valence-electron chi connectivity index (χ3n) is 5.65. The molecule has 2 unspecified atom stereocenters. The van der Waals surface area contributed by atoms with Gasteiger partial charge >= 0.3 is 0 Å². The van der Waals surface area contributed by atoms with Crippen molar-refractivity contribution >= 4 is 33.7 Å². The zero-order chi connectivity index (χ0) is 16.7. The Balaban J connectivity index is 1.57. The first-order chi connectivity index (χ1) is 11.6. The topological polar surface area (TPSA) is 12.5 Å². The van der Waals surface area contributed by atoms with Crippen molar-refractivity contribution in [1.29, 1.82) is 0 Å². The quantitative estimate of drug-likeness (QED) is 0.615. The van der Waals surface area contributed by atoms with Crippen LogP contribution in [0, 0.1) is 5.92 Å². The van der Waals surface area contributed by atoms with E-state index in [1.165, 1.54) is 19.3 Å². The summed E-state index contributed by atoms with van der Waals surface area (Å²) in [5, 5.41) is 6.48. The molecule has 2 fully saturated rings. The predicted molar refractivity (Wildman–Crippen MR) is 103 cm³/mol. The minimum Gasteiger partial charge on any atom is -0.491 e. The van der Waals surface area contributed by atoms with E-state index in [-0.39, 0.29) is 10.5 Å². The highest BCUT2D eigenvalue weighted by atomic mass is 35.5. The molecule has 1 aromatic heterocycles. The second-order valence-corrected chi connectivity index (χ2v) is 9.58. The van der Waals surface area contributed by atoms with Crippen LogP contribution >= 0.6 is 33.7 Å². The van der Waals surface area contributed by atoms with E-state index >= 15 is 0 Å². The van der Waals surface area contributed by atoms with Crippen molar-refractivity contribution in [2.75, 3.05) is 13.7 Å². The highest BCUT2D eigenvalue weighted by molar-refractivity contribution is 7.29. The Morgan fingerprint density at radius 3 is 2.75 bits per heavy atom. The van der Waals surface area contributed by atoms with E-state index in [9.17, 15) is 0 Å². The first kappa shape index (κ1) is 16.7. The fourth-order valence-corrected chi connectivity index (χ4v) is 6.86. The second kappa shape index (κ2) is 6.87. The van der Waals surface area contributed by atoms with Crippen molar-refractivity contribution in [1.82, 2.24) is 4.90 Å². The summed E-state index contributed by atoms with van der Waals surface area (Å²) in [6.45, 7) is 0.706. The van der Waals surface area contributed by atoms with E-state index in [0.29, 0.717) is 39.6 Å². The summed E-state index contributed by atoms with van der Waals surface area (Å²) >= 11 is 12.4. The molecule has 24 heavy (non-hydrogen) atoms. The van der Waals surface area contributed by atoms with Gasteiger partial charge in [0.05, 0.1) is 17.5 Å². The summed E-state index contributed by atoms with van der Waals surface area (Å²) in [4.78, 5) is 2.58. The van der Waals surface area contributed by atoms with Crippen LogP contribution in [-0.4, -0.2) is 30.6 Å². The van der Waals surface area contributed by atoms with Crippen LogP contribution in [0.5, 0.6) is 5.75 Å². The maximum Gasteiger partial charge on any atom is 0.146 e. The lowest BCUT2D eigenvalue weighted by atomic mass is 9.90.